The van der Waals surface area contributed by atoms with Gasteiger partial charge in [0.05, 0.1) is 6.10 Å². The van der Waals surface area contributed by atoms with E-state index in [1.54, 1.807) is 0 Å². The number of ether oxygens (including phenoxy) is 1. The Balaban J connectivity index is 1.63. The number of hydrogen-bond acceptors (Lipinski definition) is 3. The van der Waals surface area contributed by atoms with Crippen LogP contribution < -0.4 is 0 Å². The molecule has 3 heteroatoms. The van der Waals surface area contributed by atoms with E-state index >= 15 is 0 Å². The average Bonchev–Trinajstić information content (AvgIpc) is 2.46. The second kappa shape index (κ2) is 7.46. The van der Waals surface area contributed by atoms with Crippen LogP contribution in [0.25, 0.3) is 0 Å². The Kier molecular flexibility index (Phi) is 5.93. The molecule has 1 atom stereocenters. The molecule has 0 aliphatic carbocycles. The second-order valence-electron chi connectivity index (χ2n) is 5.99. The van der Waals surface area contributed by atoms with Gasteiger partial charge < -0.3 is 14.5 Å². The lowest BCUT2D eigenvalue weighted by Crippen LogP contribution is -2.43. The quantitative estimate of drug-likeness (QED) is 0.748. The molecule has 0 spiro atoms. The van der Waals surface area contributed by atoms with Gasteiger partial charge in [-0.1, -0.05) is 13.3 Å². The van der Waals surface area contributed by atoms with E-state index < -0.39 is 0 Å². The van der Waals surface area contributed by atoms with Crippen LogP contribution in [-0.2, 0) is 4.74 Å². The van der Waals surface area contributed by atoms with Crippen LogP contribution in [-0.4, -0.2) is 62.3 Å². The molecule has 2 heterocycles. The van der Waals surface area contributed by atoms with Crippen LogP contribution in [0, 0.1) is 5.92 Å². The summed E-state index contributed by atoms with van der Waals surface area (Å²) >= 11 is 0. The smallest absolute Gasteiger partial charge is 0.0595 e. The van der Waals surface area contributed by atoms with Crippen LogP contribution in [0.15, 0.2) is 0 Å². The highest BCUT2D eigenvalue weighted by atomic mass is 16.5. The van der Waals surface area contributed by atoms with Gasteiger partial charge in [-0.25, -0.2) is 0 Å². The molecule has 2 aliphatic heterocycles. The van der Waals surface area contributed by atoms with Crippen LogP contribution >= 0.6 is 0 Å². The maximum absolute atomic E-state index is 5.43. The van der Waals surface area contributed by atoms with Crippen LogP contribution in [0.1, 0.15) is 39.0 Å². The van der Waals surface area contributed by atoms with E-state index in [4.69, 9.17) is 4.74 Å². The van der Waals surface area contributed by atoms with Gasteiger partial charge in [0.1, 0.15) is 0 Å². The monoisotopic (exact) mass is 254 g/mol. The molecule has 0 radical (unpaired) electrons. The van der Waals surface area contributed by atoms with Crippen molar-refractivity contribution in [1.82, 2.24) is 9.80 Å². The van der Waals surface area contributed by atoms with Crippen LogP contribution in [0.4, 0.5) is 0 Å². The Bertz CT molecular complexity index is 227. The normalized spacial score (nSPS) is 28.7. The number of methoxy groups -OCH3 is 1. The van der Waals surface area contributed by atoms with Gasteiger partial charge >= 0.3 is 0 Å². The highest BCUT2D eigenvalue weighted by Gasteiger charge is 2.21. The van der Waals surface area contributed by atoms with Crippen molar-refractivity contribution in [1.29, 1.82) is 0 Å². The zero-order valence-corrected chi connectivity index (χ0v) is 12.2. The van der Waals surface area contributed by atoms with E-state index in [1.165, 1.54) is 71.4 Å². The van der Waals surface area contributed by atoms with Crippen LogP contribution in [0.2, 0.25) is 0 Å². The first-order valence-corrected chi connectivity index (χ1v) is 7.79. The molecule has 0 unspecified atom stereocenters. The Morgan fingerprint density at radius 2 is 1.72 bits per heavy atom. The first-order chi connectivity index (χ1) is 8.81. The molecule has 0 N–H and O–H groups in total. The molecule has 0 saturated carbocycles. The van der Waals surface area contributed by atoms with Crippen LogP contribution in [0.5, 0.6) is 0 Å². The molecule has 2 aliphatic rings. The van der Waals surface area contributed by atoms with E-state index in [0.29, 0.717) is 6.10 Å². The van der Waals surface area contributed by atoms with E-state index in [1.807, 2.05) is 7.11 Å². The SMILES string of the molecule is CC[C@H]1CCCN(CCN2CCC(OC)CC2)C1. The Morgan fingerprint density at radius 3 is 2.39 bits per heavy atom. The van der Waals surface area contributed by atoms with Crippen molar-refractivity contribution in [3.63, 3.8) is 0 Å². The molecule has 3 nitrogen and oxygen atoms in total. The number of hydrogen-bond donors (Lipinski definition) is 0. The number of likely N-dealkylation sites (tertiary alicyclic amines) is 2. The Labute approximate surface area is 112 Å². The number of nitrogens with zero attached hydrogens (tertiary/aromatic N) is 2. The molecule has 2 rings (SSSR count). The first kappa shape index (κ1) is 14.3. The maximum atomic E-state index is 5.43. The van der Waals surface area contributed by atoms with Crippen molar-refractivity contribution in [2.24, 2.45) is 5.92 Å². The third-order valence-electron chi connectivity index (χ3n) is 4.78. The van der Waals surface area contributed by atoms with Crippen LogP contribution in [0.3, 0.4) is 0 Å². The number of piperidine rings is 2. The topological polar surface area (TPSA) is 15.7 Å². The van der Waals surface area contributed by atoms with Gasteiger partial charge in [0.25, 0.3) is 0 Å². The summed E-state index contributed by atoms with van der Waals surface area (Å²) in [7, 11) is 1.85. The third-order valence-corrected chi connectivity index (χ3v) is 4.78. The van der Waals surface area contributed by atoms with Crippen molar-refractivity contribution in [2.75, 3.05) is 46.4 Å². The summed E-state index contributed by atoms with van der Waals surface area (Å²) in [5.74, 6) is 0.956. The minimum Gasteiger partial charge on any atom is -0.381 e. The summed E-state index contributed by atoms with van der Waals surface area (Å²) in [5, 5.41) is 0. The zero-order valence-electron chi connectivity index (χ0n) is 12.2. The van der Waals surface area contributed by atoms with Gasteiger partial charge in [0.15, 0.2) is 0 Å². The fraction of sp³-hybridized carbons (Fsp3) is 1.00. The second-order valence-corrected chi connectivity index (χ2v) is 5.99. The van der Waals surface area contributed by atoms with Crippen molar-refractivity contribution in [3.8, 4) is 0 Å². The highest BCUT2D eigenvalue weighted by molar-refractivity contribution is 4.76. The van der Waals surface area contributed by atoms with E-state index in [2.05, 4.69) is 16.7 Å². The number of rotatable bonds is 5. The lowest BCUT2D eigenvalue weighted by Gasteiger charge is -2.36. The van der Waals surface area contributed by atoms with Gasteiger partial charge in [0.2, 0.25) is 0 Å². The van der Waals surface area contributed by atoms with Gasteiger partial charge in [-0.15, -0.1) is 0 Å². The fourth-order valence-corrected chi connectivity index (χ4v) is 3.34. The standard InChI is InChI=1S/C15H30N2O/c1-3-14-5-4-8-17(13-14)12-11-16-9-6-15(18-2)7-10-16/h14-15H,3-13H2,1-2H3/t14-/m0/s1. The Morgan fingerprint density at radius 1 is 1.00 bits per heavy atom. The van der Waals surface area contributed by atoms with Crippen molar-refractivity contribution in [3.05, 3.63) is 0 Å². The van der Waals surface area contributed by atoms with Gasteiger partial charge in [0, 0.05) is 39.8 Å². The minimum absolute atomic E-state index is 0.515. The van der Waals surface area contributed by atoms with E-state index in [9.17, 15) is 0 Å². The zero-order chi connectivity index (χ0) is 12.8. The van der Waals surface area contributed by atoms with Gasteiger partial charge in [-0.3, -0.25) is 0 Å². The molecule has 2 saturated heterocycles. The van der Waals surface area contributed by atoms with Crippen molar-refractivity contribution in [2.45, 2.75) is 45.1 Å². The lowest BCUT2D eigenvalue weighted by atomic mass is 9.96. The Hall–Kier alpha value is -0.120. The predicted octanol–water partition coefficient (Wildman–Crippen LogP) is 2.22. The predicted molar refractivity (Wildman–Crippen MR) is 75.9 cm³/mol. The van der Waals surface area contributed by atoms with E-state index in [-0.39, 0.29) is 0 Å². The molecule has 2 fully saturated rings. The molecule has 0 aromatic carbocycles. The largest absolute Gasteiger partial charge is 0.381 e. The molecular formula is C15H30N2O. The molecule has 0 amide bonds. The van der Waals surface area contributed by atoms with E-state index in [0.717, 1.165) is 5.92 Å². The summed E-state index contributed by atoms with van der Waals surface area (Å²) in [6.45, 7) is 9.98. The molecular weight excluding hydrogens is 224 g/mol. The summed E-state index contributed by atoms with van der Waals surface area (Å²) in [4.78, 5) is 5.30. The van der Waals surface area contributed by atoms with Crippen molar-refractivity contribution >= 4 is 0 Å². The summed E-state index contributed by atoms with van der Waals surface area (Å²) < 4.78 is 5.43. The molecule has 106 valence electrons. The van der Waals surface area contributed by atoms with Gasteiger partial charge in [-0.05, 0) is 38.1 Å². The fourth-order valence-electron chi connectivity index (χ4n) is 3.34. The first-order valence-electron chi connectivity index (χ1n) is 7.79. The highest BCUT2D eigenvalue weighted by Crippen LogP contribution is 2.19. The summed E-state index contributed by atoms with van der Waals surface area (Å²) in [6.07, 6.45) is 7.16. The molecule has 18 heavy (non-hydrogen) atoms. The molecule has 0 aromatic rings. The minimum atomic E-state index is 0.515. The molecule has 0 bridgehead atoms. The van der Waals surface area contributed by atoms with Gasteiger partial charge in [-0.2, -0.15) is 0 Å². The maximum Gasteiger partial charge on any atom is 0.0595 e. The summed E-state index contributed by atoms with van der Waals surface area (Å²) in [6, 6.07) is 0. The summed E-state index contributed by atoms with van der Waals surface area (Å²) in [5.41, 5.74) is 0. The third kappa shape index (κ3) is 4.22. The van der Waals surface area contributed by atoms with Crippen molar-refractivity contribution < 1.29 is 4.74 Å². The lowest BCUT2D eigenvalue weighted by molar-refractivity contribution is 0.0365. The average molecular weight is 254 g/mol. The molecule has 0 aromatic heterocycles.